The number of carbonyl (C=O) groups is 2. The van der Waals surface area contributed by atoms with Crippen LogP contribution in [-0.2, 0) is 14.3 Å². The van der Waals surface area contributed by atoms with Crippen LogP contribution in [-0.4, -0.2) is 17.5 Å². The number of hydrogen-bond acceptors (Lipinski definition) is 3. The Morgan fingerprint density at radius 2 is 1.48 bits per heavy atom. The third-order valence-corrected chi connectivity index (χ3v) is 4.90. The lowest BCUT2D eigenvalue weighted by Crippen LogP contribution is -2.38. The molecule has 0 aliphatic rings. The molecule has 0 aromatic heterocycles. The molecular formula is C21H43NO3. The lowest BCUT2D eigenvalue weighted by molar-refractivity contribution is -0.151. The molecule has 0 aromatic rings. The number of carbonyl (C=O) groups excluding carboxylic acids is 2. The highest BCUT2D eigenvalue weighted by molar-refractivity contribution is 5.80. The predicted octanol–water partition coefficient (Wildman–Crippen LogP) is 5.48. The van der Waals surface area contributed by atoms with Crippen molar-refractivity contribution < 1.29 is 14.3 Å². The summed E-state index contributed by atoms with van der Waals surface area (Å²) in [6, 6.07) is 0. The lowest BCUT2D eigenvalue weighted by atomic mass is 9.72. The summed E-state index contributed by atoms with van der Waals surface area (Å²) in [4.78, 5) is 22.1. The van der Waals surface area contributed by atoms with Crippen LogP contribution in [0.3, 0.4) is 0 Å². The van der Waals surface area contributed by atoms with Crippen molar-refractivity contribution in [3.05, 3.63) is 0 Å². The number of rotatable bonds is 9. The zero-order valence-electron chi connectivity index (χ0n) is 18.2. The number of amides is 1. The molecule has 0 aliphatic heterocycles. The summed E-state index contributed by atoms with van der Waals surface area (Å²) >= 11 is 0. The molecule has 0 saturated heterocycles. The second-order valence-corrected chi connectivity index (χ2v) is 8.47. The van der Waals surface area contributed by atoms with Gasteiger partial charge in [-0.2, -0.15) is 0 Å². The maximum atomic E-state index is 11.8. The molecule has 3 unspecified atom stereocenters. The van der Waals surface area contributed by atoms with Crippen LogP contribution in [0.4, 0.5) is 0 Å². The van der Waals surface area contributed by atoms with Gasteiger partial charge in [-0.3, -0.25) is 9.59 Å². The minimum Gasteiger partial charge on any atom is -0.460 e. The molecule has 0 rings (SSSR count). The van der Waals surface area contributed by atoms with Crippen LogP contribution in [0.25, 0.3) is 0 Å². The Labute approximate surface area is 156 Å². The van der Waals surface area contributed by atoms with Crippen LogP contribution in [0.15, 0.2) is 0 Å². The molecule has 0 bridgehead atoms. The van der Waals surface area contributed by atoms with Gasteiger partial charge in [-0.1, -0.05) is 47.5 Å². The van der Waals surface area contributed by atoms with Gasteiger partial charge in [0.1, 0.15) is 5.60 Å². The molecule has 0 aliphatic carbocycles. The number of hydrogen-bond donors (Lipinski definition) is 1. The Morgan fingerprint density at radius 3 is 1.72 bits per heavy atom. The minimum atomic E-state index is -0.328. The molecule has 4 heteroatoms. The highest BCUT2D eigenvalue weighted by atomic mass is 16.6. The van der Waals surface area contributed by atoms with Crippen LogP contribution >= 0.6 is 0 Å². The molecule has 0 heterocycles. The van der Waals surface area contributed by atoms with Crippen molar-refractivity contribution >= 4 is 11.9 Å². The summed E-state index contributed by atoms with van der Waals surface area (Å²) < 4.78 is 4.80. The summed E-state index contributed by atoms with van der Waals surface area (Å²) in [5, 5.41) is 0. The third kappa shape index (κ3) is 12.9. The van der Waals surface area contributed by atoms with Gasteiger partial charge in [0, 0.05) is 12.3 Å². The van der Waals surface area contributed by atoms with Gasteiger partial charge in [0.05, 0.1) is 0 Å². The van der Waals surface area contributed by atoms with Gasteiger partial charge in [0.15, 0.2) is 0 Å². The summed E-state index contributed by atoms with van der Waals surface area (Å²) in [6.45, 7) is 17.9. The fourth-order valence-electron chi connectivity index (χ4n) is 2.79. The molecule has 150 valence electrons. The normalized spacial score (nSPS) is 16.0. The number of primary amides is 1. The molecule has 25 heavy (non-hydrogen) atoms. The van der Waals surface area contributed by atoms with E-state index in [9.17, 15) is 9.59 Å². The first-order valence-corrected chi connectivity index (χ1v) is 9.82. The average Bonchev–Trinajstić information content (AvgIpc) is 2.48. The van der Waals surface area contributed by atoms with E-state index in [4.69, 9.17) is 10.5 Å². The topological polar surface area (TPSA) is 69.4 Å². The second-order valence-electron chi connectivity index (χ2n) is 8.47. The summed E-state index contributed by atoms with van der Waals surface area (Å²) in [5.74, 6) is 0.956. The van der Waals surface area contributed by atoms with Crippen LogP contribution < -0.4 is 5.73 Å². The molecule has 0 saturated carbocycles. The van der Waals surface area contributed by atoms with E-state index in [-0.39, 0.29) is 22.9 Å². The van der Waals surface area contributed by atoms with Gasteiger partial charge in [-0.25, -0.2) is 0 Å². The first-order valence-electron chi connectivity index (χ1n) is 9.82. The molecule has 0 fully saturated rings. The van der Waals surface area contributed by atoms with E-state index in [1.54, 1.807) is 0 Å². The Hall–Kier alpha value is -1.06. The summed E-state index contributed by atoms with van der Waals surface area (Å²) in [6.07, 6.45) is 6.21. The molecule has 0 spiro atoms. The van der Waals surface area contributed by atoms with Crippen molar-refractivity contribution in [1.82, 2.24) is 0 Å². The Bertz CT molecular complexity index is 387. The van der Waals surface area contributed by atoms with Crippen molar-refractivity contribution in [3.63, 3.8) is 0 Å². The van der Waals surface area contributed by atoms with E-state index in [0.717, 1.165) is 32.1 Å². The monoisotopic (exact) mass is 357 g/mol. The van der Waals surface area contributed by atoms with E-state index in [2.05, 4.69) is 34.6 Å². The van der Waals surface area contributed by atoms with Crippen molar-refractivity contribution in [2.24, 2.45) is 23.0 Å². The maximum Gasteiger partial charge on any atom is 0.303 e. The standard InChI is InChI=1S/C15H31NO.C6H12O2/c1-6-12(4)9-10-15(8-3,14(16)17)11-13(5)7-2;1-5(7)8-6(2,3)4/h12-13H,6-11H2,1-5H3,(H2,16,17);1-4H3. The molecule has 1 amide bonds. The second kappa shape index (κ2) is 12.3. The van der Waals surface area contributed by atoms with Gasteiger partial charge in [-0.05, 0) is 58.3 Å². The summed E-state index contributed by atoms with van der Waals surface area (Å²) in [5.41, 5.74) is 5.08. The largest absolute Gasteiger partial charge is 0.460 e. The van der Waals surface area contributed by atoms with Gasteiger partial charge in [0.25, 0.3) is 0 Å². The van der Waals surface area contributed by atoms with E-state index in [0.29, 0.717) is 11.8 Å². The lowest BCUT2D eigenvalue weighted by Gasteiger charge is -2.32. The SMILES string of the molecule is CC(=O)OC(C)(C)C.CCC(C)CCC(CC)(CC(C)CC)C(N)=O. The van der Waals surface area contributed by atoms with E-state index in [1.807, 2.05) is 20.8 Å². The van der Waals surface area contributed by atoms with Crippen LogP contribution in [0, 0.1) is 17.3 Å². The number of nitrogens with two attached hydrogens (primary N) is 1. The van der Waals surface area contributed by atoms with Gasteiger partial charge < -0.3 is 10.5 Å². The van der Waals surface area contributed by atoms with Crippen LogP contribution in [0.5, 0.6) is 0 Å². The fourth-order valence-corrected chi connectivity index (χ4v) is 2.79. The van der Waals surface area contributed by atoms with Gasteiger partial charge >= 0.3 is 5.97 Å². The molecule has 0 aromatic carbocycles. The average molecular weight is 358 g/mol. The van der Waals surface area contributed by atoms with Crippen LogP contribution in [0.1, 0.15) is 101 Å². The smallest absolute Gasteiger partial charge is 0.303 e. The summed E-state index contributed by atoms with van der Waals surface area (Å²) in [7, 11) is 0. The Morgan fingerprint density at radius 1 is 1.00 bits per heavy atom. The van der Waals surface area contributed by atoms with Crippen molar-refractivity contribution in [1.29, 1.82) is 0 Å². The van der Waals surface area contributed by atoms with E-state index in [1.165, 1.54) is 13.3 Å². The molecule has 4 nitrogen and oxygen atoms in total. The van der Waals surface area contributed by atoms with Gasteiger partial charge in [-0.15, -0.1) is 0 Å². The predicted molar refractivity (Wildman–Crippen MR) is 106 cm³/mol. The highest BCUT2D eigenvalue weighted by Crippen LogP contribution is 2.37. The number of esters is 1. The molecule has 2 N–H and O–H groups in total. The molecule has 0 radical (unpaired) electrons. The number of ether oxygens (including phenoxy) is 1. The first-order chi connectivity index (χ1) is 11.3. The Kier molecular flexibility index (Phi) is 12.9. The van der Waals surface area contributed by atoms with Crippen molar-refractivity contribution in [2.45, 2.75) is 106 Å². The zero-order valence-corrected chi connectivity index (χ0v) is 18.2. The van der Waals surface area contributed by atoms with Gasteiger partial charge in [0.2, 0.25) is 5.91 Å². The first kappa shape index (κ1) is 26.2. The molecular weight excluding hydrogens is 314 g/mol. The van der Waals surface area contributed by atoms with Crippen molar-refractivity contribution in [3.8, 4) is 0 Å². The van der Waals surface area contributed by atoms with Crippen LogP contribution in [0.2, 0.25) is 0 Å². The molecule has 3 atom stereocenters. The third-order valence-electron chi connectivity index (χ3n) is 4.90. The maximum absolute atomic E-state index is 11.8. The van der Waals surface area contributed by atoms with E-state index < -0.39 is 0 Å². The zero-order chi connectivity index (χ0) is 20.3. The highest BCUT2D eigenvalue weighted by Gasteiger charge is 2.35. The quantitative estimate of drug-likeness (QED) is 0.556. The Balaban J connectivity index is 0. The minimum absolute atomic E-state index is 0.0939. The van der Waals surface area contributed by atoms with Crippen molar-refractivity contribution in [2.75, 3.05) is 0 Å². The fraction of sp³-hybridized carbons (Fsp3) is 0.905. The van der Waals surface area contributed by atoms with E-state index >= 15 is 0 Å².